The van der Waals surface area contributed by atoms with Gasteiger partial charge < -0.3 is 4.90 Å². The number of Topliss-reactive ketones (excluding diaryl/α,β-unsaturated/α-hetero) is 2. The summed E-state index contributed by atoms with van der Waals surface area (Å²) in [5, 5.41) is 0. The van der Waals surface area contributed by atoms with Gasteiger partial charge in [0, 0.05) is 17.5 Å². The van der Waals surface area contributed by atoms with Gasteiger partial charge >= 0.3 is 0 Å². The fraction of sp³-hybridized carbons (Fsp3) is 0.417. The zero-order valence-electron chi connectivity index (χ0n) is 15.8. The molecule has 0 spiro atoms. The van der Waals surface area contributed by atoms with E-state index in [0.717, 1.165) is 36.9 Å². The Kier molecular flexibility index (Phi) is 5.49. The van der Waals surface area contributed by atoms with E-state index >= 15 is 0 Å². The van der Waals surface area contributed by atoms with Gasteiger partial charge in [0.1, 0.15) is 0 Å². The summed E-state index contributed by atoms with van der Waals surface area (Å²) >= 11 is 0. The van der Waals surface area contributed by atoms with E-state index in [1.165, 1.54) is 31.5 Å². The number of carbonyl (C=O) groups is 2. The molecule has 3 heteroatoms. The van der Waals surface area contributed by atoms with Crippen molar-refractivity contribution in [1.29, 1.82) is 0 Å². The maximum atomic E-state index is 12.5. The molecule has 2 aliphatic rings. The highest BCUT2D eigenvalue weighted by molar-refractivity contribution is 6.12. The second-order valence-corrected chi connectivity index (χ2v) is 7.84. The number of unbranched alkanes of at least 4 members (excludes halogenated alkanes) is 1. The Morgan fingerprint density at radius 3 is 2.56 bits per heavy atom. The summed E-state index contributed by atoms with van der Waals surface area (Å²) in [6, 6.07) is 15.8. The topological polar surface area (TPSA) is 37.4 Å². The van der Waals surface area contributed by atoms with Crippen LogP contribution in [0.15, 0.2) is 48.5 Å². The first-order valence-electron chi connectivity index (χ1n) is 10.2. The minimum absolute atomic E-state index is 0.0491. The molecule has 0 saturated carbocycles. The largest absolute Gasteiger partial charge is 0.303 e. The fourth-order valence-electron chi connectivity index (χ4n) is 4.32. The van der Waals surface area contributed by atoms with Gasteiger partial charge in [-0.05, 0) is 68.9 Å². The zero-order valence-corrected chi connectivity index (χ0v) is 15.8. The summed E-state index contributed by atoms with van der Waals surface area (Å²) in [4.78, 5) is 27.5. The van der Waals surface area contributed by atoms with Gasteiger partial charge in [0.25, 0.3) is 0 Å². The van der Waals surface area contributed by atoms with Gasteiger partial charge in [-0.25, -0.2) is 0 Å². The van der Waals surface area contributed by atoms with Gasteiger partial charge in [-0.15, -0.1) is 0 Å². The van der Waals surface area contributed by atoms with Crippen molar-refractivity contribution in [2.24, 2.45) is 0 Å². The number of hydrogen-bond donors (Lipinski definition) is 0. The lowest BCUT2D eigenvalue weighted by Crippen LogP contribution is -2.28. The van der Waals surface area contributed by atoms with Crippen molar-refractivity contribution in [3.8, 4) is 0 Å². The highest BCUT2D eigenvalue weighted by Gasteiger charge is 2.36. The van der Waals surface area contributed by atoms with Crippen LogP contribution in [0.2, 0.25) is 0 Å². The lowest BCUT2D eigenvalue weighted by atomic mass is 9.72. The minimum atomic E-state index is -0.0491. The number of fused-ring (bicyclic) bond motifs is 1. The number of hydrogen-bond acceptors (Lipinski definition) is 3. The molecule has 1 aliphatic carbocycles. The van der Waals surface area contributed by atoms with Crippen molar-refractivity contribution in [3.05, 3.63) is 70.8 Å². The minimum Gasteiger partial charge on any atom is -0.303 e. The molecule has 1 unspecified atom stereocenters. The second-order valence-electron chi connectivity index (χ2n) is 7.84. The average Bonchev–Trinajstić information content (AvgIpc) is 3.23. The molecule has 1 fully saturated rings. The third-order valence-corrected chi connectivity index (χ3v) is 5.94. The first kappa shape index (κ1) is 18.1. The second kappa shape index (κ2) is 8.18. The summed E-state index contributed by atoms with van der Waals surface area (Å²) in [5.74, 6) is 0.295. The molecule has 2 aromatic rings. The molecule has 2 aromatic carbocycles. The van der Waals surface area contributed by atoms with E-state index in [1.54, 1.807) is 0 Å². The number of nitrogens with zero attached hydrogens (tertiary/aromatic N) is 1. The van der Waals surface area contributed by atoms with Crippen molar-refractivity contribution < 1.29 is 9.59 Å². The van der Waals surface area contributed by atoms with Crippen molar-refractivity contribution in [1.82, 2.24) is 4.90 Å². The molecule has 27 heavy (non-hydrogen) atoms. The molecule has 1 aliphatic heterocycles. The van der Waals surface area contributed by atoms with Crippen LogP contribution in [-0.4, -0.2) is 36.1 Å². The van der Waals surface area contributed by atoms with Crippen LogP contribution < -0.4 is 0 Å². The lowest BCUT2D eigenvalue weighted by molar-refractivity contribution is 0.0926. The number of carbonyl (C=O) groups excluding carboxylic acids is 2. The maximum Gasteiger partial charge on any atom is 0.170 e. The molecule has 0 bridgehead atoms. The number of benzene rings is 2. The summed E-state index contributed by atoms with van der Waals surface area (Å²) in [5.41, 5.74) is 3.72. The van der Waals surface area contributed by atoms with Crippen LogP contribution in [-0.2, 0) is 6.42 Å². The highest BCUT2D eigenvalue weighted by Crippen LogP contribution is 2.38. The average molecular weight is 361 g/mol. The van der Waals surface area contributed by atoms with E-state index in [9.17, 15) is 9.59 Å². The quantitative estimate of drug-likeness (QED) is 0.507. The van der Waals surface area contributed by atoms with E-state index in [4.69, 9.17) is 0 Å². The lowest BCUT2D eigenvalue weighted by Gasteiger charge is -2.29. The summed E-state index contributed by atoms with van der Waals surface area (Å²) in [7, 11) is 0. The molecule has 0 N–H and O–H groups in total. The van der Waals surface area contributed by atoms with Crippen molar-refractivity contribution in [3.63, 3.8) is 0 Å². The Hall–Kier alpha value is -2.26. The van der Waals surface area contributed by atoms with Crippen LogP contribution in [0.5, 0.6) is 0 Å². The molecular weight excluding hydrogens is 334 g/mol. The summed E-state index contributed by atoms with van der Waals surface area (Å²) in [6.07, 6.45) is 5.96. The molecule has 1 heterocycles. The van der Waals surface area contributed by atoms with Crippen molar-refractivity contribution in [2.75, 3.05) is 19.6 Å². The molecule has 140 valence electrons. The van der Waals surface area contributed by atoms with Crippen LogP contribution in [0.1, 0.15) is 69.9 Å². The molecule has 0 amide bonds. The maximum absolute atomic E-state index is 12.5. The first-order chi connectivity index (χ1) is 13.2. The Bertz CT molecular complexity index is 822. The Balaban J connectivity index is 1.31. The molecule has 4 rings (SSSR count). The zero-order chi connectivity index (χ0) is 18.6. The van der Waals surface area contributed by atoms with Gasteiger partial charge in [-0.3, -0.25) is 9.59 Å². The van der Waals surface area contributed by atoms with Crippen LogP contribution in [0.4, 0.5) is 0 Å². The molecule has 1 atom stereocenters. The standard InChI is InChI=1S/C24H27NO2/c26-23(10-4-5-13-25-14-6-7-15-25)19-11-12-20-21(24(27)22(20)17-19)16-18-8-2-1-3-9-18/h1-3,8-9,11-12,17,21H,4-7,10,13-16H2. The number of likely N-dealkylation sites (tertiary alicyclic amines) is 1. The predicted octanol–water partition coefficient (Wildman–Crippen LogP) is 4.66. The van der Waals surface area contributed by atoms with Gasteiger partial charge in [0.05, 0.1) is 5.92 Å². The first-order valence-corrected chi connectivity index (χ1v) is 10.2. The van der Waals surface area contributed by atoms with E-state index in [1.807, 2.05) is 36.4 Å². The Morgan fingerprint density at radius 2 is 1.78 bits per heavy atom. The van der Waals surface area contributed by atoms with Gasteiger partial charge in [-0.2, -0.15) is 0 Å². The van der Waals surface area contributed by atoms with Crippen LogP contribution in [0, 0.1) is 0 Å². The van der Waals surface area contributed by atoms with E-state index in [-0.39, 0.29) is 17.5 Å². The Morgan fingerprint density at radius 1 is 1.00 bits per heavy atom. The number of rotatable bonds is 8. The molecular formula is C24H27NO2. The monoisotopic (exact) mass is 361 g/mol. The van der Waals surface area contributed by atoms with E-state index < -0.39 is 0 Å². The van der Waals surface area contributed by atoms with Gasteiger partial charge in [-0.1, -0.05) is 42.5 Å². The summed E-state index contributed by atoms with van der Waals surface area (Å²) in [6.45, 7) is 3.53. The van der Waals surface area contributed by atoms with E-state index in [2.05, 4.69) is 17.0 Å². The predicted molar refractivity (Wildman–Crippen MR) is 108 cm³/mol. The molecule has 3 nitrogen and oxygen atoms in total. The van der Waals surface area contributed by atoms with Crippen molar-refractivity contribution in [2.45, 2.75) is 44.4 Å². The molecule has 0 radical (unpaired) electrons. The van der Waals surface area contributed by atoms with Crippen LogP contribution in [0.3, 0.4) is 0 Å². The van der Waals surface area contributed by atoms with Gasteiger partial charge in [0.15, 0.2) is 11.6 Å². The number of ketones is 2. The summed E-state index contributed by atoms with van der Waals surface area (Å²) < 4.78 is 0. The Labute approximate surface area is 161 Å². The van der Waals surface area contributed by atoms with Crippen LogP contribution >= 0.6 is 0 Å². The van der Waals surface area contributed by atoms with Crippen LogP contribution in [0.25, 0.3) is 0 Å². The third-order valence-electron chi connectivity index (χ3n) is 5.94. The highest BCUT2D eigenvalue weighted by atomic mass is 16.1. The fourth-order valence-corrected chi connectivity index (χ4v) is 4.32. The van der Waals surface area contributed by atoms with Crippen molar-refractivity contribution >= 4 is 11.6 Å². The SMILES string of the molecule is O=C(CCCCN1CCCC1)c1ccc2c(c1)C(=O)C2Cc1ccccc1. The molecule has 1 saturated heterocycles. The smallest absolute Gasteiger partial charge is 0.170 e. The third kappa shape index (κ3) is 4.03. The van der Waals surface area contributed by atoms with E-state index in [0.29, 0.717) is 12.0 Å². The molecule has 0 aromatic heterocycles. The van der Waals surface area contributed by atoms with Gasteiger partial charge in [0.2, 0.25) is 0 Å². The normalized spacial score (nSPS) is 19.0.